The second-order valence-corrected chi connectivity index (χ2v) is 4.80. The van der Waals surface area contributed by atoms with Gasteiger partial charge in [-0.05, 0) is 13.8 Å². The molecule has 1 aliphatic rings. The summed E-state index contributed by atoms with van der Waals surface area (Å²) in [6.45, 7) is 7.14. The van der Waals surface area contributed by atoms with E-state index in [1.807, 2.05) is 18.7 Å². The molecule has 8 heteroatoms. The summed E-state index contributed by atoms with van der Waals surface area (Å²) < 4.78 is 1.56. The molecule has 2 rings (SSSR count). The summed E-state index contributed by atoms with van der Waals surface area (Å²) in [6, 6.07) is 0.0973. The van der Waals surface area contributed by atoms with Gasteiger partial charge in [0.05, 0.1) is 18.8 Å². The number of carbonyl (C=O) groups is 2. The normalized spacial score (nSPS) is 15.9. The highest BCUT2D eigenvalue weighted by molar-refractivity contribution is 5.84. The van der Waals surface area contributed by atoms with Gasteiger partial charge in [-0.3, -0.25) is 9.69 Å². The van der Waals surface area contributed by atoms with Gasteiger partial charge in [-0.1, -0.05) is 5.21 Å². The SMILES string of the molecule is CCN(CC)C(=O)CN1CC(n2cc(C(=O)O)nn2)C1. The van der Waals surface area contributed by atoms with Crippen molar-refractivity contribution in [2.24, 2.45) is 0 Å². The second kappa shape index (κ2) is 6.00. The fourth-order valence-electron chi connectivity index (χ4n) is 2.26. The Morgan fingerprint density at radius 3 is 2.55 bits per heavy atom. The van der Waals surface area contributed by atoms with Gasteiger partial charge >= 0.3 is 5.97 Å². The standard InChI is InChI=1S/C12H19N5O3/c1-3-16(4-2)11(18)8-15-5-9(6-15)17-7-10(12(19)20)13-14-17/h7,9H,3-6,8H2,1-2H3,(H,19,20). The van der Waals surface area contributed by atoms with Crippen molar-refractivity contribution in [1.82, 2.24) is 24.8 Å². The van der Waals surface area contributed by atoms with Crippen molar-refractivity contribution in [2.75, 3.05) is 32.7 Å². The van der Waals surface area contributed by atoms with E-state index < -0.39 is 5.97 Å². The number of nitrogens with zero attached hydrogens (tertiary/aromatic N) is 5. The Morgan fingerprint density at radius 1 is 1.40 bits per heavy atom. The van der Waals surface area contributed by atoms with Crippen molar-refractivity contribution in [1.29, 1.82) is 0 Å². The molecule has 0 saturated carbocycles. The maximum atomic E-state index is 11.9. The average Bonchev–Trinajstić information content (AvgIpc) is 2.84. The van der Waals surface area contributed by atoms with E-state index in [-0.39, 0.29) is 17.6 Å². The van der Waals surface area contributed by atoms with Crippen LogP contribution in [0, 0.1) is 0 Å². The Balaban J connectivity index is 1.82. The molecular weight excluding hydrogens is 262 g/mol. The van der Waals surface area contributed by atoms with Crippen molar-refractivity contribution in [3.63, 3.8) is 0 Å². The highest BCUT2D eigenvalue weighted by Gasteiger charge is 2.31. The van der Waals surface area contributed by atoms with E-state index in [1.165, 1.54) is 6.20 Å². The van der Waals surface area contributed by atoms with E-state index in [1.54, 1.807) is 9.58 Å². The number of hydrogen-bond donors (Lipinski definition) is 1. The smallest absolute Gasteiger partial charge is 0.358 e. The molecule has 2 heterocycles. The van der Waals surface area contributed by atoms with Crippen LogP contribution in [0.5, 0.6) is 0 Å². The summed E-state index contributed by atoms with van der Waals surface area (Å²) >= 11 is 0. The summed E-state index contributed by atoms with van der Waals surface area (Å²) in [5, 5.41) is 16.2. The third-order valence-electron chi connectivity index (χ3n) is 3.52. The van der Waals surface area contributed by atoms with Crippen LogP contribution in [0.2, 0.25) is 0 Å². The number of hydrogen-bond acceptors (Lipinski definition) is 5. The van der Waals surface area contributed by atoms with Gasteiger partial charge in [0, 0.05) is 26.2 Å². The number of likely N-dealkylation sites (tertiary alicyclic amines) is 1. The quantitative estimate of drug-likeness (QED) is 0.770. The molecule has 0 aromatic carbocycles. The van der Waals surface area contributed by atoms with Crippen molar-refractivity contribution in [3.05, 3.63) is 11.9 Å². The van der Waals surface area contributed by atoms with Crippen LogP contribution in [0.4, 0.5) is 0 Å². The van der Waals surface area contributed by atoms with E-state index in [0.29, 0.717) is 19.6 Å². The lowest BCUT2D eigenvalue weighted by atomic mass is 10.1. The van der Waals surface area contributed by atoms with Crippen LogP contribution in [0.3, 0.4) is 0 Å². The van der Waals surface area contributed by atoms with Crippen LogP contribution in [0.25, 0.3) is 0 Å². The molecule has 8 nitrogen and oxygen atoms in total. The van der Waals surface area contributed by atoms with Crippen LogP contribution in [0.1, 0.15) is 30.4 Å². The molecule has 1 aromatic heterocycles. The molecule has 20 heavy (non-hydrogen) atoms. The minimum Gasteiger partial charge on any atom is -0.476 e. The van der Waals surface area contributed by atoms with Crippen LogP contribution in [0.15, 0.2) is 6.20 Å². The predicted molar refractivity (Wildman–Crippen MR) is 70.4 cm³/mol. The number of carboxylic acids is 1. The zero-order valence-corrected chi connectivity index (χ0v) is 11.7. The summed E-state index contributed by atoms with van der Waals surface area (Å²) in [7, 11) is 0. The third-order valence-corrected chi connectivity index (χ3v) is 3.52. The largest absolute Gasteiger partial charge is 0.476 e. The van der Waals surface area contributed by atoms with Crippen LogP contribution in [-0.2, 0) is 4.79 Å². The van der Waals surface area contributed by atoms with E-state index >= 15 is 0 Å². The van der Waals surface area contributed by atoms with Gasteiger partial charge in [-0.25, -0.2) is 9.48 Å². The van der Waals surface area contributed by atoms with Crippen molar-refractivity contribution < 1.29 is 14.7 Å². The third kappa shape index (κ3) is 2.96. The molecule has 1 saturated heterocycles. The second-order valence-electron chi connectivity index (χ2n) is 4.80. The zero-order chi connectivity index (χ0) is 14.7. The summed E-state index contributed by atoms with van der Waals surface area (Å²) in [4.78, 5) is 26.5. The maximum absolute atomic E-state index is 11.9. The molecule has 0 atom stereocenters. The molecule has 1 aliphatic heterocycles. The minimum absolute atomic E-state index is 0.0531. The monoisotopic (exact) mass is 281 g/mol. The number of amides is 1. The maximum Gasteiger partial charge on any atom is 0.358 e. The van der Waals surface area contributed by atoms with E-state index in [2.05, 4.69) is 10.3 Å². The van der Waals surface area contributed by atoms with Crippen LogP contribution >= 0.6 is 0 Å². The van der Waals surface area contributed by atoms with Gasteiger partial charge in [0.15, 0.2) is 5.69 Å². The Kier molecular flexibility index (Phi) is 4.33. The highest BCUT2D eigenvalue weighted by Crippen LogP contribution is 2.20. The van der Waals surface area contributed by atoms with Crippen molar-refractivity contribution in [2.45, 2.75) is 19.9 Å². The first-order valence-electron chi connectivity index (χ1n) is 6.70. The minimum atomic E-state index is -1.08. The molecule has 0 radical (unpaired) electrons. The molecule has 110 valence electrons. The number of rotatable bonds is 6. The van der Waals surface area contributed by atoms with Gasteiger partial charge in [0.1, 0.15) is 0 Å². The fraction of sp³-hybridized carbons (Fsp3) is 0.667. The zero-order valence-electron chi connectivity index (χ0n) is 11.7. The van der Waals surface area contributed by atoms with E-state index in [0.717, 1.165) is 13.1 Å². The molecule has 1 fully saturated rings. The first kappa shape index (κ1) is 14.4. The lowest BCUT2D eigenvalue weighted by molar-refractivity contribution is -0.133. The predicted octanol–water partition coefficient (Wildman–Crippen LogP) is -0.299. The first-order valence-corrected chi connectivity index (χ1v) is 6.70. The lowest BCUT2D eigenvalue weighted by Gasteiger charge is -2.39. The molecule has 1 aromatic rings. The van der Waals surface area contributed by atoms with Crippen molar-refractivity contribution in [3.8, 4) is 0 Å². The molecule has 0 bridgehead atoms. The number of aromatic carboxylic acids is 1. The molecule has 1 N–H and O–H groups in total. The lowest BCUT2D eigenvalue weighted by Crippen LogP contribution is -2.52. The summed E-state index contributed by atoms with van der Waals surface area (Å²) in [5.74, 6) is -0.956. The fourth-order valence-corrected chi connectivity index (χ4v) is 2.26. The first-order chi connectivity index (χ1) is 9.55. The van der Waals surface area contributed by atoms with Gasteiger partial charge < -0.3 is 10.0 Å². The molecule has 1 amide bonds. The number of carboxylic acid groups (broad SMARTS) is 1. The number of likely N-dealkylation sites (N-methyl/N-ethyl adjacent to an activating group) is 1. The summed E-state index contributed by atoms with van der Waals surface area (Å²) in [5.41, 5.74) is -0.0531. The van der Waals surface area contributed by atoms with Gasteiger partial charge in [-0.2, -0.15) is 0 Å². The van der Waals surface area contributed by atoms with E-state index in [4.69, 9.17) is 5.11 Å². The number of carbonyl (C=O) groups excluding carboxylic acids is 1. The van der Waals surface area contributed by atoms with Crippen LogP contribution < -0.4 is 0 Å². The van der Waals surface area contributed by atoms with Crippen molar-refractivity contribution >= 4 is 11.9 Å². The molecule has 0 aliphatic carbocycles. The molecule has 0 spiro atoms. The van der Waals surface area contributed by atoms with Crippen LogP contribution in [-0.4, -0.2) is 74.5 Å². The topological polar surface area (TPSA) is 91.6 Å². The van der Waals surface area contributed by atoms with E-state index in [9.17, 15) is 9.59 Å². The van der Waals surface area contributed by atoms with Gasteiger partial charge in [0.2, 0.25) is 5.91 Å². The van der Waals surface area contributed by atoms with Gasteiger partial charge in [-0.15, -0.1) is 5.10 Å². The average molecular weight is 281 g/mol. The Labute approximate surface area is 117 Å². The Hall–Kier alpha value is -1.96. The number of aromatic nitrogens is 3. The summed E-state index contributed by atoms with van der Waals surface area (Å²) in [6.07, 6.45) is 1.43. The molecule has 0 unspecified atom stereocenters. The highest BCUT2D eigenvalue weighted by atomic mass is 16.4. The van der Waals surface area contributed by atoms with Gasteiger partial charge in [0.25, 0.3) is 0 Å². The molecular formula is C12H19N5O3. The Morgan fingerprint density at radius 2 is 2.05 bits per heavy atom. The Bertz CT molecular complexity index is 491.